The van der Waals surface area contributed by atoms with Gasteiger partial charge in [-0.1, -0.05) is 0 Å². The average molecular weight is 532 g/mol. The average Bonchev–Trinajstić information content (AvgIpc) is 2.85. The van der Waals surface area contributed by atoms with E-state index in [2.05, 4.69) is 10.6 Å². The maximum absolute atomic E-state index is 12.5. The lowest BCUT2D eigenvalue weighted by atomic mass is 10.2. The first-order valence-electron chi connectivity index (χ1n) is 12.2. The number of carbonyl (C=O) groups excluding carboxylic acids is 2. The van der Waals surface area contributed by atoms with Gasteiger partial charge in [-0.05, 0) is 0 Å². The highest BCUT2D eigenvalue weighted by Gasteiger charge is 2.27. The van der Waals surface area contributed by atoms with Gasteiger partial charge in [0.2, 0.25) is 0 Å². The van der Waals surface area contributed by atoms with Crippen LogP contribution in [0.2, 0.25) is 0 Å². The van der Waals surface area contributed by atoms with Gasteiger partial charge in [-0.25, -0.2) is 0 Å². The number of aliphatic carboxylic acids is 3. The lowest BCUT2D eigenvalue weighted by Crippen LogP contribution is -2.50. The van der Waals surface area contributed by atoms with Crippen molar-refractivity contribution in [2.45, 2.75) is 12.2 Å². The molecule has 0 aliphatic carbocycles. The van der Waals surface area contributed by atoms with Gasteiger partial charge in [-0.3, -0.25) is 38.7 Å². The lowest BCUT2D eigenvalue weighted by molar-refractivity contribution is -0.141. The SMILES string of the molecule is O=C(O)CN(CCN(CC(=O)O)CC(=O)C1CNCCO1)CCN(CC(=O)O)CC(=O)C1CNCCO1. The molecule has 2 saturated heterocycles. The molecule has 5 N–H and O–H groups in total. The number of carbonyl (C=O) groups is 5. The van der Waals surface area contributed by atoms with Crippen LogP contribution in [0.25, 0.3) is 0 Å². The van der Waals surface area contributed by atoms with E-state index in [1.54, 1.807) is 0 Å². The van der Waals surface area contributed by atoms with Gasteiger partial charge in [0, 0.05) is 52.4 Å². The first kappa shape index (κ1) is 30.7. The molecule has 2 aliphatic rings. The van der Waals surface area contributed by atoms with E-state index in [4.69, 9.17) is 9.47 Å². The fourth-order valence-electron chi connectivity index (χ4n) is 4.03. The summed E-state index contributed by atoms with van der Waals surface area (Å²) in [6, 6.07) is 0. The van der Waals surface area contributed by atoms with Crippen molar-refractivity contribution in [2.75, 3.05) is 98.3 Å². The van der Waals surface area contributed by atoms with Crippen LogP contribution in [0.1, 0.15) is 0 Å². The molecule has 2 atom stereocenters. The monoisotopic (exact) mass is 531 g/mol. The Labute approximate surface area is 214 Å². The molecule has 2 rings (SSSR count). The molecular formula is C22H37N5O10. The number of nitrogens with one attached hydrogen (secondary N) is 2. The standard InChI is InChI=1S/C22H37N5O10/c28-16(18-9-23-1-7-36-18)11-26(14-21(32)33)5-3-25(13-20(30)31)4-6-27(15-22(34)35)12-17(29)19-10-24-2-8-37-19/h18-19,23-24H,1-15H2,(H,30,31)(H,32,33)(H,34,35). The van der Waals surface area contributed by atoms with E-state index >= 15 is 0 Å². The van der Waals surface area contributed by atoms with E-state index in [1.807, 2.05) is 0 Å². The van der Waals surface area contributed by atoms with E-state index in [9.17, 15) is 39.3 Å². The molecule has 15 heteroatoms. The van der Waals surface area contributed by atoms with Crippen molar-refractivity contribution in [2.24, 2.45) is 0 Å². The third kappa shape index (κ3) is 12.5. The van der Waals surface area contributed by atoms with Gasteiger partial charge < -0.3 is 35.4 Å². The van der Waals surface area contributed by atoms with E-state index < -0.39 is 43.2 Å². The number of carboxylic acid groups (broad SMARTS) is 3. The fraction of sp³-hybridized carbons (Fsp3) is 0.773. The van der Waals surface area contributed by atoms with Crippen molar-refractivity contribution < 1.29 is 48.8 Å². The third-order valence-corrected chi connectivity index (χ3v) is 5.87. The number of nitrogens with zero attached hydrogens (tertiary/aromatic N) is 3. The van der Waals surface area contributed by atoms with Gasteiger partial charge in [-0.15, -0.1) is 0 Å². The molecule has 0 aromatic rings. The quantitative estimate of drug-likeness (QED) is 0.116. The minimum Gasteiger partial charge on any atom is -0.480 e. The molecule has 37 heavy (non-hydrogen) atoms. The van der Waals surface area contributed by atoms with Crippen LogP contribution in [-0.4, -0.2) is 170 Å². The largest absolute Gasteiger partial charge is 0.480 e. The zero-order valence-electron chi connectivity index (χ0n) is 20.8. The zero-order valence-corrected chi connectivity index (χ0v) is 20.8. The molecule has 0 saturated carbocycles. The van der Waals surface area contributed by atoms with Crippen LogP contribution in [0.15, 0.2) is 0 Å². The Morgan fingerprint density at radius 3 is 1.27 bits per heavy atom. The first-order valence-corrected chi connectivity index (χ1v) is 12.2. The van der Waals surface area contributed by atoms with Crippen LogP contribution >= 0.6 is 0 Å². The van der Waals surface area contributed by atoms with E-state index in [0.717, 1.165) is 0 Å². The molecule has 2 fully saturated rings. The number of morpholine rings is 2. The van der Waals surface area contributed by atoms with Gasteiger partial charge in [-0.2, -0.15) is 0 Å². The molecule has 2 heterocycles. The molecular weight excluding hydrogens is 494 g/mol. The van der Waals surface area contributed by atoms with E-state index in [0.29, 0.717) is 39.4 Å². The number of rotatable bonds is 18. The summed E-state index contributed by atoms with van der Waals surface area (Å²) in [6.07, 6.45) is -1.35. The molecule has 0 spiro atoms. The molecule has 0 radical (unpaired) electrons. The minimum absolute atomic E-state index is 0.0882. The zero-order chi connectivity index (χ0) is 27.2. The molecule has 15 nitrogen and oxygen atoms in total. The summed E-state index contributed by atoms with van der Waals surface area (Å²) in [5, 5.41) is 33.9. The normalized spacial score (nSPS) is 20.3. The molecule has 0 aromatic heterocycles. The highest BCUT2D eigenvalue weighted by Crippen LogP contribution is 2.04. The minimum atomic E-state index is -1.13. The number of carboxylic acids is 3. The summed E-state index contributed by atoms with van der Waals surface area (Å²) in [7, 11) is 0. The second-order valence-corrected chi connectivity index (χ2v) is 8.94. The van der Waals surface area contributed by atoms with Gasteiger partial charge in [0.15, 0.2) is 11.6 Å². The molecule has 0 aromatic carbocycles. The lowest BCUT2D eigenvalue weighted by Gasteiger charge is -2.30. The van der Waals surface area contributed by atoms with Crippen LogP contribution in [0.4, 0.5) is 0 Å². The van der Waals surface area contributed by atoms with Crippen molar-refractivity contribution in [3.8, 4) is 0 Å². The van der Waals surface area contributed by atoms with Crippen LogP contribution in [0, 0.1) is 0 Å². The Hall–Kier alpha value is -2.53. The van der Waals surface area contributed by atoms with Crippen LogP contribution in [-0.2, 0) is 33.4 Å². The first-order chi connectivity index (χ1) is 17.6. The van der Waals surface area contributed by atoms with Crippen LogP contribution < -0.4 is 10.6 Å². The smallest absolute Gasteiger partial charge is 0.317 e. The number of ketones is 2. The fourth-order valence-corrected chi connectivity index (χ4v) is 4.03. The van der Waals surface area contributed by atoms with Crippen molar-refractivity contribution in [1.82, 2.24) is 25.3 Å². The highest BCUT2D eigenvalue weighted by molar-refractivity contribution is 5.86. The summed E-state index contributed by atoms with van der Waals surface area (Å²) in [4.78, 5) is 63.5. The second-order valence-electron chi connectivity index (χ2n) is 8.94. The topological polar surface area (TPSA) is 198 Å². The van der Waals surface area contributed by atoms with Gasteiger partial charge in [0.1, 0.15) is 12.2 Å². The van der Waals surface area contributed by atoms with Gasteiger partial charge in [0.25, 0.3) is 0 Å². The second kappa shape index (κ2) is 16.3. The predicted molar refractivity (Wildman–Crippen MR) is 127 cm³/mol. The summed E-state index contributed by atoms with van der Waals surface area (Å²) in [5.74, 6) is -3.94. The van der Waals surface area contributed by atoms with Gasteiger partial charge >= 0.3 is 17.9 Å². The van der Waals surface area contributed by atoms with Crippen LogP contribution in [0.5, 0.6) is 0 Å². The Morgan fingerprint density at radius 2 is 0.946 bits per heavy atom. The van der Waals surface area contributed by atoms with Gasteiger partial charge in [0.05, 0.1) is 45.9 Å². The maximum atomic E-state index is 12.5. The molecule has 2 aliphatic heterocycles. The highest BCUT2D eigenvalue weighted by atomic mass is 16.5. The van der Waals surface area contributed by atoms with E-state index in [-0.39, 0.29) is 57.4 Å². The summed E-state index contributed by atoms with van der Waals surface area (Å²) in [6.45, 7) is 1.53. The molecule has 2 unspecified atom stereocenters. The van der Waals surface area contributed by atoms with Crippen molar-refractivity contribution >= 4 is 29.5 Å². The number of hydrogen-bond donors (Lipinski definition) is 5. The summed E-state index contributed by atoms with van der Waals surface area (Å²) in [5.41, 5.74) is 0. The Bertz CT molecular complexity index is 730. The Morgan fingerprint density at radius 1 is 0.595 bits per heavy atom. The molecule has 210 valence electrons. The molecule has 0 amide bonds. The van der Waals surface area contributed by atoms with E-state index in [1.165, 1.54) is 14.7 Å². The third-order valence-electron chi connectivity index (χ3n) is 5.87. The predicted octanol–water partition coefficient (Wildman–Crippen LogP) is -3.74. The summed E-state index contributed by atoms with van der Waals surface area (Å²) >= 11 is 0. The van der Waals surface area contributed by atoms with Crippen molar-refractivity contribution in [1.29, 1.82) is 0 Å². The molecule has 0 bridgehead atoms. The number of Topliss-reactive ketones (excluding diaryl/α,β-unsaturated/α-hetero) is 2. The number of hydrogen-bond acceptors (Lipinski definition) is 12. The van der Waals surface area contributed by atoms with Crippen molar-refractivity contribution in [3.63, 3.8) is 0 Å². The Balaban J connectivity index is 1.95. The van der Waals surface area contributed by atoms with Crippen molar-refractivity contribution in [3.05, 3.63) is 0 Å². The summed E-state index contributed by atoms with van der Waals surface area (Å²) < 4.78 is 10.9. The maximum Gasteiger partial charge on any atom is 0.317 e. The Kier molecular flexibility index (Phi) is 13.6. The number of ether oxygens (including phenoxy) is 2. The van der Waals surface area contributed by atoms with Crippen LogP contribution in [0.3, 0.4) is 0 Å².